The topological polar surface area (TPSA) is 0 Å². The summed E-state index contributed by atoms with van der Waals surface area (Å²) in [6, 6.07) is 8.21. The molecule has 0 N–H and O–H groups in total. The molecule has 4 aliphatic carbocycles. The Morgan fingerprint density at radius 2 is 0.667 bits per heavy atom. The maximum atomic E-state index is 5.70. The highest BCUT2D eigenvalue weighted by Gasteiger charge is 2.14. The van der Waals surface area contributed by atoms with Crippen LogP contribution >= 0.6 is 0 Å². The summed E-state index contributed by atoms with van der Waals surface area (Å²) in [5.41, 5.74) is 8.01. The Bertz CT molecular complexity index is 822. The van der Waals surface area contributed by atoms with E-state index in [1.165, 1.54) is 0 Å². The summed E-state index contributed by atoms with van der Waals surface area (Å²) in [5.74, 6) is 11.2. The van der Waals surface area contributed by atoms with Crippen molar-refractivity contribution in [2.45, 2.75) is 25.7 Å². The molecule has 6 rings (SSSR count). The van der Waals surface area contributed by atoms with Crippen LogP contribution in [-0.2, 0) is 25.7 Å². The van der Waals surface area contributed by atoms with Crippen LogP contribution in [0.25, 0.3) is 0 Å². The smallest absolute Gasteiger partial charge is 0.0278 e. The lowest BCUT2D eigenvalue weighted by molar-refractivity contribution is 0.910. The van der Waals surface area contributed by atoms with Crippen LogP contribution in [0.15, 0.2) is 24.3 Å². The maximum Gasteiger partial charge on any atom is 0.0278 e. The van der Waals surface area contributed by atoms with Crippen LogP contribution in [0.5, 0.6) is 0 Å². The Morgan fingerprint density at radius 1 is 0.458 bits per heavy atom. The minimum absolute atomic E-state index is 0.784. The molecule has 4 bridgehead atoms. The zero-order valence-corrected chi connectivity index (χ0v) is 13.4. The van der Waals surface area contributed by atoms with Crippen molar-refractivity contribution in [2.24, 2.45) is 0 Å². The molecular formula is C24H16. The van der Waals surface area contributed by atoms with Crippen LogP contribution in [-0.4, -0.2) is 0 Å². The average molecular weight is 304 g/mol. The van der Waals surface area contributed by atoms with E-state index in [2.05, 4.69) is 47.9 Å². The van der Waals surface area contributed by atoms with Crippen molar-refractivity contribution >= 4 is 0 Å². The summed E-state index contributed by atoms with van der Waals surface area (Å²) in [7, 11) is 0. The first kappa shape index (κ1) is 15.6. The van der Waals surface area contributed by atoms with E-state index in [-0.39, 0.29) is 0 Å². The summed E-state index contributed by atoms with van der Waals surface area (Å²) in [4.78, 5) is 0. The summed E-state index contributed by atoms with van der Waals surface area (Å²) in [5, 5.41) is 0. The second-order valence-electron chi connectivity index (χ2n) is 5.91. The largest absolute Gasteiger partial charge is 0.115 e. The lowest BCUT2D eigenvalue weighted by atomic mass is 9.87. The molecule has 0 saturated carbocycles. The van der Waals surface area contributed by atoms with Crippen LogP contribution in [0.4, 0.5) is 0 Å². The van der Waals surface area contributed by atoms with Gasteiger partial charge in [0.05, 0.1) is 0 Å². The van der Waals surface area contributed by atoms with Gasteiger partial charge in [-0.3, -0.25) is 0 Å². The number of terminal acetylenes is 4. The second-order valence-corrected chi connectivity index (χ2v) is 5.91. The fourth-order valence-electron chi connectivity index (χ4n) is 3.28. The first-order valence-corrected chi connectivity index (χ1v) is 7.88. The van der Waals surface area contributed by atoms with Crippen molar-refractivity contribution in [1.82, 2.24) is 0 Å². The first-order valence-electron chi connectivity index (χ1n) is 7.88. The third-order valence-electron chi connectivity index (χ3n) is 4.61. The molecule has 4 aliphatic rings. The third kappa shape index (κ3) is 2.68. The first-order chi connectivity index (χ1) is 11.7. The molecule has 0 saturated heterocycles. The summed E-state index contributed by atoms with van der Waals surface area (Å²) >= 11 is 0. The zero-order valence-electron chi connectivity index (χ0n) is 13.4. The second kappa shape index (κ2) is 6.43. The van der Waals surface area contributed by atoms with Crippen LogP contribution in [0.2, 0.25) is 0 Å². The van der Waals surface area contributed by atoms with Gasteiger partial charge in [0.15, 0.2) is 0 Å². The fraction of sp³-hybridized carbons (Fsp3) is 0.167. The molecule has 0 spiro atoms. The SMILES string of the molecule is C#Cc1cc2c(C#C)cc1CCc1cc(C#C)c(cc1C#C)CC2. The molecule has 2 aromatic carbocycles. The van der Waals surface area contributed by atoms with E-state index >= 15 is 0 Å². The van der Waals surface area contributed by atoms with Gasteiger partial charge in [0.2, 0.25) is 0 Å². The van der Waals surface area contributed by atoms with Crippen LogP contribution < -0.4 is 0 Å². The van der Waals surface area contributed by atoms with E-state index in [1.807, 2.05) is 0 Å². The molecule has 0 heterocycles. The highest BCUT2D eigenvalue weighted by atomic mass is 14.2. The Balaban J connectivity index is 2.21. The maximum absolute atomic E-state index is 5.70. The molecule has 0 aliphatic heterocycles. The normalized spacial score (nSPS) is 12.2. The minimum Gasteiger partial charge on any atom is -0.115 e. The third-order valence-corrected chi connectivity index (χ3v) is 4.61. The molecule has 0 fully saturated rings. The highest BCUT2D eigenvalue weighted by molar-refractivity contribution is 5.55. The summed E-state index contributed by atoms with van der Waals surface area (Å²) in [6.07, 6.45) is 25.9. The van der Waals surface area contributed by atoms with Gasteiger partial charge in [-0.25, -0.2) is 0 Å². The van der Waals surface area contributed by atoms with E-state index < -0.39 is 0 Å². The van der Waals surface area contributed by atoms with Gasteiger partial charge in [-0.1, -0.05) is 23.7 Å². The molecule has 2 aromatic rings. The molecule has 0 nitrogen and oxygen atoms in total. The van der Waals surface area contributed by atoms with Gasteiger partial charge in [-0.15, -0.1) is 25.7 Å². The van der Waals surface area contributed by atoms with E-state index in [9.17, 15) is 0 Å². The van der Waals surface area contributed by atoms with Gasteiger partial charge >= 0.3 is 0 Å². The lowest BCUT2D eigenvalue weighted by Gasteiger charge is -2.16. The average Bonchev–Trinajstić information content (AvgIpc) is 2.62. The van der Waals surface area contributed by atoms with Crippen LogP contribution in [0.1, 0.15) is 44.5 Å². The number of rotatable bonds is 0. The molecule has 0 radical (unpaired) electrons. The Morgan fingerprint density at radius 3 is 0.833 bits per heavy atom. The van der Waals surface area contributed by atoms with Crippen molar-refractivity contribution in [2.75, 3.05) is 0 Å². The highest BCUT2D eigenvalue weighted by Crippen LogP contribution is 2.25. The molecule has 0 aromatic heterocycles. The molecule has 112 valence electrons. The Kier molecular flexibility index (Phi) is 4.17. The predicted molar refractivity (Wildman–Crippen MR) is 99.4 cm³/mol. The van der Waals surface area contributed by atoms with E-state index in [1.54, 1.807) is 0 Å². The summed E-state index contributed by atoms with van der Waals surface area (Å²) < 4.78 is 0. The van der Waals surface area contributed by atoms with Gasteiger partial charge < -0.3 is 0 Å². The molecule has 0 heteroatoms. The zero-order chi connectivity index (χ0) is 17.1. The van der Waals surface area contributed by atoms with Crippen molar-refractivity contribution in [1.29, 1.82) is 0 Å². The standard InChI is InChI=1S/C24H16/c1-5-17-13-22-11-12-24-16-19(7-3)23(15-20(24)8-4)10-9-21(17)14-18(22)6-2/h1-4,13-16H,9-12H2. The van der Waals surface area contributed by atoms with Crippen molar-refractivity contribution < 1.29 is 0 Å². The predicted octanol–water partition coefficient (Wildman–Crippen LogP) is 3.50. The van der Waals surface area contributed by atoms with Crippen molar-refractivity contribution in [3.63, 3.8) is 0 Å². The summed E-state index contributed by atoms with van der Waals surface area (Å²) in [6.45, 7) is 0. The van der Waals surface area contributed by atoms with Crippen molar-refractivity contribution in [3.8, 4) is 49.4 Å². The minimum atomic E-state index is 0.784. The number of hydrogen-bond donors (Lipinski definition) is 0. The van der Waals surface area contributed by atoms with Gasteiger partial charge in [0.25, 0.3) is 0 Å². The van der Waals surface area contributed by atoms with Gasteiger partial charge in [0, 0.05) is 22.3 Å². The quantitative estimate of drug-likeness (QED) is 0.654. The molecule has 0 amide bonds. The van der Waals surface area contributed by atoms with Crippen molar-refractivity contribution in [3.05, 3.63) is 68.8 Å². The Labute approximate surface area is 144 Å². The molecular weight excluding hydrogens is 288 g/mol. The van der Waals surface area contributed by atoms with E-state index in [0.717, 1.165) is 70.2 Å². The molecule has 24 heavy (non-hydrogen) atoms. The number of hydrogen-bond acceptors (Lipinski definition) is 0. The van der Waals surface area contributed by atoms with Crippen LogP contribution in [0.3, 0.4) is 0 Å². The number of aryl methyl sites for hydroxylation is 4. The number of benzene rings is 2. The van der Waals surface area contributed by atoms with E-state index in [0.29, 0.717) is 0 Å². The monoisotopic (exact) mass is 304 g/mol. The van der Waals surface area contributed by atoms with Gasteiger partial charge in [0.1, 0.15) is 0 Å². The molecule has 0 atom stereocenters. The fourth-order valence-corrected chi connectivity index (χ4v) is 3.28. The Hall–Kier alpha value is -3.32. The van der Waals surface area contributed by atoms with Gasteiger partial charge in [-0.05, 0) is 72.2 Å². The lowest BCUT2D eigenvalue weighted by Crippen LogP contribution is -2.06. The van der Waals surface area contributed by atoms with E-state index in [4.69, 9.17) is 25.7 Å². The van der Waals surface area contributed by atoms with Gasteiger partial charge in [-0.2, -0.15) is 0 Å². The van der Waals surface area contributed by atoms with Crippen LogP contribution in [0, 0.1) is 49.4 Å². The molecule has 0 unspecified atom stereocenters.